The summed E-state index contributed by atoms with van der Waals surface area (Å²) in [5.41, 5.74) is 0.524. The third-order valence-corrected chi connectivity index (χ3v) is 2.62. The van der Waals surface area contributed by atoms with Crippen molar-refractivity contribution in [1.29, 1.82) is 0 Å². The van der Waals surface area contributed by atoms with Gasteiger partial charge < -0.3 is 0 Å². The van der Waals surface area contributed by atoms with Crippen molar-refractivity contribution in [2.75, 3.05) is 0 Å². The zero-order chi connectivity index (χ0) is 10.8. The van der Waals surface area contributed by atoms with Crippen LogP contribution in [-0.4, -0.2) is 19.1 Å². The van der Waals surface area contributed by atoms with Crippen LogP contribution in [0.4, 0.5) is 5.69 Å². The molecule has 5 nitrogen and oxygen atoms in total. The van der Waals surface area contributed by atoms with Crippen LogP contribution in [0.2, 0.25) is 0 Å². The summed E-state index contributed by atoms with van der Waals surface area (Å²) in [4.78, 5) is 12.9. The topological polar surface area (TPSA) is 83.8 Å². The average Bonchev–Trinajstić information content (AvgIpc) is 2.07. The molecule has 0 heterocycles. The van der Waals surface area contributed by atoms with Crippen molar-refractivity contribution in [3.63, 3.8) is 0 Å². The third-order valence-electron chi connectivity index (χ3n) is 1.62. The zero-order valence-corrected chi connectivity index (χ0v) is 8.08. The smallest absolute Gasteiger partial charge is 0.282 e. The first-order valence-electron chi connectivity index (χ1n) is 3.61. The first-order chi connectivity index (χ1) is 6.45. The van der Waals surface area contributed by atoms with E-state index in [1.807, 2.05) is 0 Å². The van der Waals surface area contributed by atoms with Crippen molar-refractivity contribution < 1.29 is 17.8 Å². The van der Waals surface area contributed by atoms with Crippen LogP contribution in [-0.2, 0) is 14.9 Å². The number of rotatable bonds is 2. The molecule has 0 atom stereocenters. The van der Waals surface area contributed by atoms with Crippen molar-refractivity contribution >= 4 is 21.9 Å². The number of carbonyl (C=O) groups excluding carboxylic acids is 1. The standard InChI is InChI=1S/C8H7NO4S/c1-6-2-3-7(9-5-10)4-8(6)14(11,12)13/h2-4H,1H3,(H,11,12,13). The molecule has 0 spiro atoms. The summed E-state index contributed by atoms with van der Waals surface area (Å²) in [5, 5.41) is 0. The van der Waals surface area contributed by atoms with Crippen molar-refractivity contribution in [3.8, 4) is 0 Å². The van der Waals surface area contributed by atoms with Gasteiger partial charge in [0, 0.05) is 0 Å². The Kier molecular flexibility index (Phi) is 2.81. The summed E-state index contributed by atoms with van der Waals surface area (Å²) in [6.07, 6.45) is 1.28. The highest BCUT2D eigenvalue weighted by Gasteiger charge is 2.13. The second-order valence-electron chi connectivity index (χ2n) is 2.63. The molecular formula is C8H7NO4S. The van der Waals surface area contributed by atoms with Crippen molar-refractivity contribution in [1.82, 2.24) is 0 Å². The molecule has 0 saturated carbocycles. The molecule has 0 saturated heterocycles. The Labute approximate surface area is 80.8 Å². The Balaban J connectivity index is 3.43. The summed E-state index contributed by atoms with van der Waals surface area (Å²) >= 11 is 0. The van der Waals surface area contributed by atoms with E-state index >= 15 is 0 Å². The third kappa shape index (κ3) is 2.26. The van der Waals surface area contributed by atoms with Crippen LogP contribution in [0.25, 0.3) is 0 Å². The Morgan fingerprint density at radius 3 is 2.57 bits per heavy atom. The van der Waals surface area contributed by atoms with Gasteiger partial charge in [0.25, 0.3) is 10.1 Å². The van der Waals surface area contributed by atoms with E-state index in [2.05, 4.69) is 4.99 Å². The van der Waals surface area contributed by atoms with Crippen LogP contribution >= 0.6 is 0 Å². The van der Waals surface area contributed by atoms with E-state index < -0.39 is 10.1 Å². The maximum Gasteiger partial charge on any atom is 0.294 e. The molecule has 6 heteroatoms. The number of hydrogen-bond acceptors (Lipinski definition) is 4. The maximum absolute atomic E-state index is 10.8. The summed E-state index contributed by atoms with van der Waals surface area (Å²) in [6.45, 7) is 1.53. The highest BCUT2D eigenvalue weighted by atomic mass is 32.2. The van der Waals surface area contributed by atoms with Gasteiger partial charge in [0.1, 0.15) is 0 Å². The maximum atomic E-state index is 10.8. The Morgan fingerprint density at radius 1 is 1.43 bits per heavy atom. The summed E-state index contributed by atoms with van der Waals surface area (Å²) < 4.78 is 30.4. The highest BCUT2D eigenvalue weighted by Crippen LogP contribution is 2.21. The second kappa shape index (κ2) is 3.71. The van der Waals surface area contributed by atoms with E-state index in [1.54, 1.807) is 0 Å². The average molecular weight is 213 g/mol. The molecule has 1 N–H and O–H groups in total. The monoisotopic (exact) mass is 213 g/mol. The molecule has 0 bridgehead atoms. The molecule has 0 amide bonds. The van der Waals surface area contributed by atoms with E-state index in [4.69, 9.17) is 4.55 Å². The SMILES string of the molecule is Cc1ccc(N=C=O)cc1S(=O)(=O)O. The first kappa shape index (κ1) is 10.6. The summed E-state index contributed by atoms with van der Waals surface area (Å²) in [5.74, 6) is 0. The summed E-state index contributed by atoms with van der Waals surface area (Å²) in [6, 6.07) is 4.00. The van der Waals surface area contributed by atoms with Gasteiger partial charge in [0.05, 0.1) is 10.6 Å². The number of aryl methyl sites for hydroxylation is 1. The van der Waals surface area contributed by atoms with Gasteiger partial charge in [-0.25, -0.2) is 4.79 Å². The van der Waals surface area contributed by atoms with Crippen LogP contribution in [0.3, 0.4) is 0 Å². The van der Waals surface area contributed by atoms with Gasteiger partial charge in [-0.15, -0.1) is 0 Å². The number of nitrogens with zero attached hydrogens (tertiary/aromatic N) is 1. The number of isocyanates is 1. The normalized spacial score (nSPS) is 10.7. The fraction of sp³-hybridized carbons (Fsp3) is 0.125. The predicted octanol–water partition coefficient (Wildman–Crippen LogP) is 1.21. The lowest BCUT2D eigenvalue weighted by atomic mass is 10.2. The van der Waals surface area contributed by atoms with Crippen molar-refractivity contribution in [2.24, 2.45) is 4.99 Å². The minimum atomic E-state index is -4.26. The number of aliphatic imine (C=N–C) groups is 1. The first-order valence-corrected chi connectivity index (χ1v) is 5.05. The largest absolute Gasteiger partial charge is 0.294 e. The Bertz CT molecular complexity index is 500. The fourth-order valence-corrected chi connectivity index (χ4v) is 1.73. The molecule has 0 fully saturated rings. The minimum Gasteiger partial charge on any atom is -0.282 e. The molecule has 0 unspecified atom stereocenters. The van der Waals surface area contributed by atoms with Crippen LogP contribution in [0.1, 0.15) is 5.56 Å². The van der Waals surface area contributed by atoms with Gasteiger partial charge in [-0.3, -0.25) is 4.55 Å². The van der Waals surface area contributed by atoms with Crippen LogP contribution in [0, 0.1) is 6.92 Å². The molecule has 1 aromatic carbocycles. The van der Waals surface area contributed by atoms with Crippen molar-refractivity contribution in [3.05, 3.63) is 23.8 Å². The van der Waals surface area contributed by atoms with Gasteiger partial charge in [0.15, 0.2) is 0 Å². The zero-order valence-electron chi connectivity index (χ0n) is 7.26. The molecule has 74 valence electrons. The molecule has 0 radical (unpaired) electrons. The molecule has 1 rings (SSSR count). The van der Waals surface area contributed by atoms with Gasteiger partial charge >= 0.3 is 0 Å². The van der Waals surface area contributed by atoms with Gasteiger partial charge in [-0.1, -0.05) is 6.07 Å². The lowest BCUT2D eigenvalue weighted by Crippen LogP contribution is -2.00. The van der Waals surface area contributed by atoms with E-state index in [0.29, 0.717) is 5.56 Å². The molecule has 0 aliphatic heterocycles. The molecule has 14 heavy (non-hydrogen) atoms. The van der Waals surface area contributed by atoms with Crippen LogP contribution in [0.5, 0.6) is 0 Å². The predicted molar refractivity (Wildman–Crippen MR) is 48.8 cm³/mol. The summed E-state index contributed by atoms with van der Waals surface area (Å²) in [7, 11) is -4.26. The quantitative estimate of drug-likeness (QED) is 0.454. The van der Waals surface area contributed by atoms with E-state index in [9.17, 15) is 13.2 Å². The van der Waals surface area contributed by atoms with Crippen molar-refractivity contribution in [2.45, 2.75) is 11.8 Å². The van der Waals surface area contributed by atoms with Crippen LogP contribution in [0.15, 0.2) is 28.1 Å². The van der Waals surface area contributed by atoms with Crippen LogP contribution < -0.4 is 0 Å². The molecule has 0 aromatic heterocycles. The molecular weight excluding hydrogens is 206 g/mol. The molecule has 0 aliphatic carbocycles. The second-order valence-corrected chi connectivity index (χ2v) is 4.02. The Hall–Kier alpha value is -1.49. The van der Waals surface area contributed by atoms with Gasteiger partial charge in [0.2, 0.25) is 6.08 Å². The van der Waals surface area contributed by atoms with Gasteiger partial charge in [-0.05, 0) is 24.6 Å². The Morgan fingerprint density at radius 2 is 2.07 bits per heavy atom. The molecule has 1 aromatic rings. The number of hydrogen-bond donors (Lipinski definition) is 1. The van der Waals surface area contributed by atoms with E-state index in [-0.39, 0.29) is 10.6 Å². The molecule has 0 aliphatic rings. The highest BCUT2D eigenvalue weighted by molar-refractivity contribution is 7.85. The number of benzene rings is 1. The fourth-order valence-electron chi connectivity index (χ4n) is 0.989. The lowest BCUT2D eigenvalue weighted by Gasteiger charge is -2.01. The van der Waals surface area contributed by atoms with Gasteiger partial charge in [-0.2, -0.15) is 13.4 Å². The minimum absolute atomic E-state index is 0.137. The lowest BCUT2D eigenvalue weighted by molar-refractivity contribution is 0.482. The van der Waals surface area contributed by atoms with E-state index in [0.717, 1.165) is 6.07 Å². The van der Waals surface area contributed by atoms with E-state index in [1.165, 1.54) is 25.1 Å².